The molecule has 0 radical (unpaired) electrons. The standard InChI is InChI=1S/C41H45N5O6/c1-40(2,3)36(44-39(50)52-4)37(48)45-46(26-30-16-12-15-28(23-30)20-21-32-18-10-11-22-42-32)27-41(51,25-29-13-6-5-7-14-29)38(49)43-35-33-19-9-8-17-31(33)24-34(35)47/h5-19,22-23,34-36,47,51H,24-27H2,1-4H3,(H,43,49)(H,44,50)(H,45,48)/t34-,35+,36-,41+/m1/s1. The highest BCUT2D eigenvalue weighted by atomic mass is 16.5. The number of fused-ring (bicyclic) bond motifs is 1. The fourth-order valence-electron chi connectivity index (χ4n) is 6.23. The molecule has 1 heterocycles. The van der Waals surface area contributed by atoms with Crippen molar-refractivity contribution in [3.63, 3.8) is 0 Å². The van der Waals surface area contributed by atoms with E-state index in [-0.39, 0.29) is 19.5 Å². The number of aliphatic hydroxyl groups is 2. The van der Waals surface area contributed by atoms with Gasteiger partial charge in [-0.1, -0.05) is 99.5 Å². The first-order valence-electron chi connectivity index (χ1n) is 17.1. The van der Waals surface area contributed by atoms with Gasteiger partial charge in [0.1, 0.15) is 11.7 Å². The van der Waals surface area contributed by atoms with Crippen molar-refractivity contribution in [2.45, 2.75) is 63.9 Å². The molecule has 11 nitrogen and oxygen atoms in total. The van der Waals surface area contributed by atoms with E-state index in [0.29, 0.717) is 23.2 Å². The molecule has 1 aromatic heterocycles. The Kier molecular flexibility index (Phi) is 12.1. The minimum Gasteiger partial charge on any atom is -0.453 e. The van der Waals surface area contributed by atoms with Crippen LogP contribution in [0.2, 0.25) is 0 Å². The summed E-state index contributed by atoms with van der Waals surface area (Å²) in [5.41, 5.74) is 4.45. The third-order valence-corrected chi connectivity index (χ3v) is 8.85. The number of ether oxygens (including phenoxy) is 1. The van der Waals surface area contributed by atoms with E-state index in [2.05, 4.69) is 32.9 Å². The second-order valence-electron chi connectivity index (χ2n) is 14.0. The van der Waals surface area contributed by atoms with Gasteiger partial charge in [0.2, 0.25) is 0 Å². The normalized spacial score (nSPS) is 16.8. The van der Waals surface area contributed by atoms with Crippen LogP contribution in [0.5, 0.6) is 0 Å². The average molecular weight is 704 g/mol. The molecule has 0 saturated carbocycles. The highest BCUT2D eigenvalue weighted by Gasteiger charge is 2.43. The fourth-order valence-corrected chi connectivity index (χ4v) is 6.23. The van der Waals surface area contributed by atoms with E-state index in [1.165, 1.54) is 12.1 Å². The summed E-state index contributed by atoms with van der Waals surface area (Å²) in [5, 5.41) is 30.4. The summed E-state index contributed by atoms with van der Waals surface area (Å²) in [7, 11) is 1.21. The van der Waals surface area contributed by atoms with E-state index >= 15 is 0 Å². The van der Waals surface area contributed by atoms with E-state index in [1.54, 1.807) is 39.1 Å². The number of methoxy groups -OCH3 is 1. The van der Waals surface area contributed by atoms with E-state index in [4.69, 9.17) is 4.74 Å². The minimum absolute atomic E-state index is 0.0548. The Morgan fingerprint density at radius 2 is 1.65 bits per heavy atom. The Balaban J connectivity index is 1.49. The van der Waals surface area contributed by atoms with Crippen LogP contribution in [-0.4, -0.2) is 69.5 Å². The van der Waals surface area contributed by atoms with Crippen LogP contribution < -0.4 is 16.1 Å². The highest BCUT2D eigenvalue weighted by Crippen LogP contribution is 2.32. The molecule has 52 heavy (non-hydrogen) atoms. The number of carbonyl (C=O) groups is 3. The van der Waals surface area contributed by atoms with E-state index in [9.17, 15) is 24.6 Å². The zero-order chi connectivity index (χ0) is 37.3. The number of amides is 3. The molecular weight excluding hydrogens is 658 g/mol. The summed E-state index contributed by atoms with van der Waals surface area (Å²) in [5.74, 6) is 4.87. The topological polar surface area (TPSA) is 153 Å². The van der Waals surface area contributed by atoms with Crippen molar-refractivity contribution >= 4 is 17.9 Å². The number of nitrogens with zero attached hydrogens (tertiary/aromatic N) is 2. The fraction of sp³-hybridized carbons (Fsp3) is 0.317. The molecule has 0 saturated heterocycles. The van der Waals surface area contributed by atoms with Gasteiger partial charge in [-0.2, -0.15) is 0 Å². The number of nitrogens with one attached hydrogen (secondary N) is 3. The molecule has 5 rings (SSSR count). The molecule has 3 aromatic carbocycles. The summed E-state index contributed by atoms with van der Waals surface area (Å²) >= 11 is 0. The van der Waals surface area contributed by atoms with Crippen LogP contribution in [0.1, 0.15) is 60.3 Å². The van der Waals surface area contributed by atoms with Gasteiger partial charge in [-0.15, -0.1) is 0 Å². The molecule has 1 aliphatic carbocycles. The maximum atomic E-state index is 14.3. The molecule has 11 heteroatoms. The van der Waals surface area contributed by atoms with Crippen LogP contribution >= 0.6 is 0 Å². The molecule has 3 amide bonds. The number of rotatable bonds is 11. The number of hydrazine groups is 1. The summed E-state index contributed by atoms with van der Waals surface area (Å²) in [6.45, 7) is 5.09. The van der Waals surface area contributed by atoms with Crippen molar-refractivity contribution < 1.29 is 29.3 Å². The maximum Gasteiger partial charge on any atom is 0.407 e. The predicted molar refractivity (Wildman–Crippen MR) is 196 cm³/mol. The zero-order valence-electron chi connectivity index (χ0n) is 29.8. The number of pyridine rings is 1. The van der Waals surface area contributed by atoms with Crippen molar-refractivity contribution in [3.05, 3.63) is 137 Å². The zero-order valence-corrected chi connectivity index (χ0v) is 29.8. The first kappa shape index (κ1) is 37.7. The lowest BCUT2D eigenvalue weighted by atomic mass is 9.86. The quantitative estimate of drug-likeness (QED) is 0.117. The lowest BCUT2D eigenvalue weighted by molar-refractivity contribution is -0.147. The second-order valence-corrected chi connectivity index (χ2v) is 14.0. The van der Waals surface area contributed by atoms with Crippen LogP contribution in [0.4, 0.5) is 4.79 Å². The number of alkyl carbamates (subject to hydrolysis) is 1. The molecule has 270 valence electrons. The molecule has 0 aliphatic heterocycles. The second kappa shape index (κ2) is 16.7. The van der Waals surface area contributed by atoms with Gasteiger partial charge in [-0.05, 0) is 57.9 Å². The summed E-state index contributed by atoms with van der Waals surface area (Å²) in [4.78, 5) is 44.8. The lowest BCUT2D eigenvalue weighted by Crippen LogP contribution is -2.62. The van der Waals surface area contributed by atoms with E-state index < -0.39 is 47.1 Å². The van der Waals surface area contributed by atoms with Crippen molar-refractivity contribution in [1.82, 2.24) is 26.1 Å². The number of aromatic nitrogens is 1. The Morgan fingerprint density at radius 3 is 2.37 bits per heavy atom. The van der Waals surface area contributed by atoms with Gasteiger partial charge in [-0.3, -0.25) is 15.0 Å². The molecule has 0 fully saturated rings. The van der Waals surface area contributed by atoms with Crippen molar-refractivity contribution in [3.8, 4) is 11.8 Å². The number of aliphatic hydroxyl groups excluding tert-OH is 1. The number of benzene rings is 3. The van der Waals surface area contributed by atoms with Gasteiger partial charge >= 0.3 is 6.09 Å². The van der Waals surface area contributed by atoms with Gasteiger partial charge in [0, 0.05) is 31.1 Å². The first-order valence-corrected chi connectivity index (χ1v) is 17.1. The Morgan fingerprint density at radius 1 is 0.942 bits per heavy atom. The molecule has 4 atom stereocenters. The van der Waals surface area contributed by atoms with Crippen molar-refractivity contribution in [2.24, 2.45) is 5.41 Å². The SMILES string of the molecule is COC(=O)N[C@H](C(=O)NN(Cc1cccc(C#Cc2ccccn2)c1)C[C@@](O)(Cc1ccccc1)C(=O)N[C@H]1c2ccccc2C[C@H]1O)C(C)(C)C. The van der Waals surface area contributed by atoms with Crippen LogP contribution in [0.3, 0.4) is 0 Å². The van der Waals surface area contributed by atoms with Gasteiger partial charge in [-0.25, -0.2) is 14.8 Å². The predicted octanol–water partition coefficient (Wildman–Crippen LogP) is 3.83. The number of hydrogen-bond acceptors (Lipinski definition) is 8. The summed E-state index contributed by atoms with van der Waals surface area (Å²) in [6, 6.07) is 27.6. The number of hydrogen-bond donors (Lipinski definition) is 5. The molecule has 1 aliphatic rings. The summed E-state index contributed by atoms with van der Waals surface area (Å²) in [6.07, 6.45) is 0.261. The van der Waals surface area contributed by atoms with E-state index in [1.807, 2.05) is 84.9 Å². The largest absolute Gasteiger partial charge is 0.453 e. The van der Waals surface area contributed by atoms with Crippen LogP contribution in [0.15, 0.2) is 103 Å². The molecular formula is C41H45N5O6. The first-order chi connectivity index (χ1) is 24.8. The monoisotopic (exact) mass is 703 g/mol. The Labute approximate surface area is 304 Å². The smallest absolute Gasteiger partial charge is 0.407 e. The summed E-state index contributed by atoms with van der Waals surface area (Å²) < 4.78 is 4.80. The molecule has 0 unspecified atom stereocenters. The molecule has 0 bridgehead atoms. The molecule has 0 spiro atoms. The lowest BCUT2D eigenvalue weighted by Gasteiger charge is -2.37. The Bertz CT molecular complexity index is 1920. The maximum absolute atomic E-state index is 14.3. The molecule has 5 N–H and O–H groups in total. The number of carbonyl (C=O) groups excluding carboxylic acids is 3. The average Bonchev–Trinajstić information content (AvgIpc) is 3.44. The third-order valence-electron chi connectivity index (χ3n) is 8.85. The van der Waals surface area contributed by atoms with Gasteiger partial charge in [0.25, 0.3) is 11.8 Å². The Hall–Kier alpha value is -5.54. The van der Waals surface area contributed by atoms with Crippen molar-refractivity contribution in [1.29, 1.82) is 0 Å². The third kappa shape index (κ3) is 9.82. The molecule has 4 aromatic rings. The van der Waals surface area contributed by atoms with Gasteiger partial charge in [0.05, 0.1) is 25.8 Å². The van der Waals surface area contributed by atoms with Crippen molar-refractivity contribution in [2.75, 3.05) is 13.7 Å². The van der Waals surface area contributed by atoms with Crippen LogP contribution in [0, 0.1) is 17.3 Å². The highest BCUT2D eigenvalue weighted by molar-refractivity contribution is 5.87. The van der Waals surface area contributed by atoms with Crippen LogP contribution in [0.25, 0.3) is 0 Å². The van der Waals surface area contributed by atoms with E-state index in [0.717, 1.165) is 16.7 Å². The van der Waals surface area contributed by atoms with Gasteiger partial charge in [0.15, 0.2) is 5.60 Å². The van der Waals surface area contributed by atoms with Gasteiger partial charge < -0.3 is 25.6 Å². The van der Waals surface area contributed by atoms with Crippen LogP contribution in [-0.2, 0) is 33.7 Å². The minimum atomic E-state index is -2.10.